The molecule has 130 valence electrons. The number of ketones is 1. The van der Waals surface area contributed by atoms with E-state index in [-0.39, 0.29) is 11.2 Å². The van der Waals surface area contributed by atoms with E-state index >= 15 is 0 Å². The highest BCUT2D eigenvalue weighted by molar-refractivity contribution is 6.59. The van der Waals surface area contributed by atoms with Crippen LogP contribution in [0.3, 0.4) is 0 Å². The van der Waals surface area contributed by atoms with Gasteiger partial charge in [-0.15, -0.1) is 0 Å². The van der Waals surface area contributed by atoms with E-state index in [1.165, 1.54) is 5.56 Å². The molecule has 3 aromatic carbocycles. The highest BCUT2D eigenvalue weighted by atomic mass is 16.1. The van der Waals surface area contributed by atoms with E-state index in [9.17, 15) is 4.79 Å². The number of hydrogen-bond acceptors (Lipinski definition) is 2. The highest BCUT2D eigenvalue weighted by Crippen LogP contribution is 2.35. The average Bonchev–Trinajstić information content (AvgIpc) is 2.85. The number of nitrogens with zero attached hydrogens (tertiary/aromatic N) is 1. The van der Waals surface area contributed by atoms with Gasteiger partial charge in [0.25, 0.3) is 0 Å². The fraction of sp³-hybridized carbons (Fsp3) is 0.250. The Morgan fingerprint density at radius 3 is 2.00 bits per heavy atom. The summed E-state index contributed by atoms with van der Waals surface area (Å²) >= 11 is 0. The number of aliphatic imine (C=N–C) groups is 1. The molecule has 1 aliphatic carbocycles. The zero-order valence-electron chi connectivity index (χ0n) is 16.0. The lowest BCUT2D eigenvalue weighted by Gasteiger charge is -2.21. The summed E-state index contributed by atoms with van der Waals surface area (Å²) in [5, 5.41) is 2.12. The van der Waals surface area contributed by atoms with E-state index in [0.29, 0.717) is 5.71 Å². The number of carbonyl (C=O) groups is 1. The normalized spacial score (nSPS) is 15.3. The van der Waals surface area contributed by atoms with E-state index in [2.05, 4.69) is 46.8 Å². The Kier molecular flexibility index (Phi) is 3.62. The summed E-state index contributed by atoms with van der Waals surface area (Å²) in [4.78, 5) is 17.9. The number of aryl methyl sites for hydroxylation is 2. The van der Waals surface area contributed by atoms with Crippen LogP contribution in [0.25, 0.3) is 10.8 Å². The Hall–Kier alpha value is -2.74. The minimum absolute atomic E-state index is 0.0236. The van der Waals surface area contributed by atoms with Crippen LogP contribution < -0.4 is 0 Å². The van der Waals surface area contributed by atoms with Gasteiger partial charge < -0.3 is 0 Å². The number of rotatable bonds is 1. The molecule has 3 aromatic rings. The zero-order valence-corrected chi connectivity index (χ0v) is 16.0. The molecule has 2 nitrogen and oxygen atoms in total. The first kappa shape index (κ1) is 16.7. The fourth-order valence-corrected chi connectivity index (χ4v) is 3.77. The molecule has 2 heteroatoms. The lowest BCUT2D eigenvalue weighted by Crippen LogP contribution is -2.12. The molecule has 0 aromatic heterocycles. The van der Waals surface area contributed by atoms with Gasteiger partial charge in [-0.3, -0.25) is 4.79 Å². The van der Waals surface area contributed by atoms with Gasteiger partial charge in [0.05, 0.1) is 5.69 Å². The van der Waals surface area contributed by atoms with Gasteiger partial charge in [0.15, 0.2) is 0 Å². The third kappa shape index (κ3) is 2.48. The highest BCUT2D eigenvalue weighted by Gasteiger charge is 2.29. The monoisotopic (exact) mass is 341 g/mol. The summed E-state index contributed by atoms with van der Waals surface area (Å²) in [6, 6.07) is 16.3. The summed E-state index contributed by atoms with van der Waals surface area (Å²) in [6.45, 7) is 10.8. The molecule has 0 heterocycles. The van der Waals surface area contributed by atoms with Crippen molar-refractivity contribution in [3.05, 3.63) is 76.3 Å². The van der Waals surface area contributed by atoms with E-state index in [1.807, 2.05) is 36.4 Å². The predicted molar refractivity (Wildman–Crippen MR) is 109 cm³/mol. The van der Waals surface area contributed by atoms with Crippen molar-refractivity contribution in [1.82, 2.24) is 0 Å². The van der Waals surface area contributed by atoms with Crippen molar-refractivity contribution in [1.29, 1.82) is 0 Å². The maximum atomic E-state index is 13.0. The summed E-state index contributed by atoms with van der Waals surface area (Å²) in [7, 11) is 0. The minimum atomic E-state index is 0.0236. The average molecular weight is 341 g/mol. The second kappa shape index (κ2) is 5.63. The van der Waals surface area contributed by atoms with Crippen LogP contribution in [0.2, 0.25) is 0 Å². The number of hydrogen-bond donors (Lipinski definition) is 0. The second-order valence-electron chi connectivity index (χ2n) is 8.21. The van der Waals surface area contributed by atoms with Crippen molar-refractivity contribution in [3.63, 3.8) is 0 Å². The van der Waals surface area contributed by atoms with E-state index in [0.717, 1.165) is 38.7 Å². The molecule has 0 radical (unpaired) electrons. The molecule has 4 rings (SSSR count). The van der Waals surface area contributed by atoms with E-state index in [1.54, 1.807) is 0 Å². The molecule has 1 aliphatic rings. The number of Topliss-reactive ketones (excluding diaryl/α,β-unsaturated/α-hetero) is 1. The van der Waals surface area contributed by atoms with Gasteiger partial charge in [-0.25, -0.2) is 4.99 Å². The lowest BCUT2D eigenvalue weighted by atomic mass is 9.85. The van der Waals surface area contributed by atoms with Crippen molar-refractivity contribution < 1.29 is 4.79 Å². The fourth-order valence-electron chi connectivity index (χ4n) is 3.77. The molecule has 0 saturated carbocycles. The number of carbonyl (C=O) groups excluding carboxylic acids is 1. The van der Waals surface area contributed by atoms with Gasteiger partial charge in [-0.1, -0.05) is 69.3 Å². The maximum Gasteiger partial charge on any atom is 0.212 e. The second-order valence-corrected chi connectivity index (χ2v) is 8.21. The third-order valence-corrected chi connectivity index (χ3v) is 5.20. The van der Waals surface area contributed by atoms with Gasteiger partial charge in [-0.2, -0.15) is 0 Å². The SMILES string of the molecule is Cc1cc(C(C)(C)C)cc(C)c1N=C1C(=O)c2cccc3cccc1c23. The van der Waals surface area contributed by atoms with Crippen molar-refractivity contribution in [3.8, 4) is 0 Å². The molecule has 0 saturated heterocycles. The summed E-state index contributed by atoms with van der Waals surface area (Å²) < 4.78 is 0. The van der Waals surface area contributed by atoms with Crippen LogP contribution in [0.1, 0.15) is 53.4 Å². The molecule has 26 heavy (non-hydrogen) atoms. The molecular weight excluding hydrogens is 318 g/mol. The smallest absolute Gasteiger partial charge is 0.212 e. The van der Waals surface area contributed by atoms with Gasteiger partial charge in [0.1, 0.15) is 5.71 Å². The topological polar surface area (TPSA) is 29.4 Å². The molecular formula is C24H23NO. The Labute approximate surface area is 154 Å². The van der Waals surface area contributed by atoms with Crippen LogP contribution in [0, 0.1) is 13.8 Å². The quantitative estimate of drug-likeness (QED) is 0.528. The first-order valence-electron chi connectivity index (χ1n) is 9.04. The Balaban J connectivity index is 1.92. The molecule has 0 amide bonds. The van der Waals surface area contributed by atoms with Crippen LogP contribution >= 0.6 is 0 Å². The first-order valence-corrected chi connectivity index (χ1v) is 9.04. The number of benzene rings is 3. The van der Waals surface area contributed by atoms with Crippen molar-refractivity contribution in [2.24, 2.45) is 4.99 Å². The van der Waals surface area contributed by atoms with Crippen LogP contribution in [0.15, 0.2) is 53.5 Å². The lowest BCUT2D eigenvalue weighted by molar-refractivity contribution is 0.107. The standard InChI is InChI=1S/C24H23NO/c1-14-12-17(24(3,4)5)13-15(2)21(14)25-22-18-10-6-8-16-9-7-11-19(20(16)18)23(22)26/h6-13H,1-5H3. The Bertz CT molecular complexity index is 1070. The molecule has 0 atom stereocenters. The van der Waals surface area contributed by atoms with Crippen molar-refractivity contribution in [2.45, 2.75) is 40.0 Å². The molecule has 0 spiro atoms. The molecule has 0 bridgehead atoms. The Morgan fingerprint density at radius 2 is 1.42 bits per heavy atom. The predicted octanol–water partition coefficient (Wildman–Crippen LogP) is 6.07. The van der Waals surface area contributed by atoms with Gasteiger partial charge in [0, 0.05) is 16.5 Å². The van der Waals surface area contributed by atoms with Gasteiger partial charge in [-0.05, 0) is 41.3 Å². The summed E-state index contributed by atoms with van der Waals surface area (Å²) in [5.41, 5.74) is 6.78. The van der Waals surface area contributed by atoms with Gasteiger partial charge in [0.2, 0.25) is 5.78 Å². The molecule has 0 fully saturated rings. The van der Waals surface area contributed by atoms with Gasteiger partial charge >= 0.3 is 0 Å². The van der Waals surface area contributed by atoms with Crippen LogP contribution in [-0.4, -0.2) is 11.5 Å². The Morgan fingerprint density at radius 1 is 0.846 bits per heavy atom. The van der Waals surface area contributed by atoms with Crippen LogP contribution in [0.5, 0.6) is 0 Å². The zero-order chi connectivity index (χ0) is 18.6. The molecule has 0 aliphatic heterocycles. The van der Waals surface area contributed by atoms with Crippen molar-refractivity contribution in [2.75, 3.05) is 0 Å². The largest absolute Gasteiger partial charge is 0.287 e. The summed E-state index contributed by atoms with van der Waals surface area (Å²) in [5.74, 6) is 0.0236. The first-order chi connectivity index (χ1) is 12.3. The third-order valence-electron chi connectivity index (χ3n) is 5.20. The molecule has 0 unspecified atom stereocenters. The van der Waals surface area contributed by atoms with Crippen LogP contribution in [-0.2, 0) is 5.41 Å². The van der Waals surface area contributed by atoms with Crippen molar-refractivity contribution >= 4 is 28.0 Å². The molecule has 0 N–H and O–H groups in total. The van der Waals surface area contributed by atoms with E-state index < -0.39 is 0 Å². The summed E-state index contributed by atoms with van der Waals surface area (Å²) in [6.07, 6.45) is 0. The minimum Gasteiger partial charge on any atom is -0.287 e. The van der Waals surface area contributed by atoms with E-state index in [4.69, 9.17) is 4.99 Å². The van der Waals surface area contributed by atoms with Crippen LogP contribution in [0.4, 0.5) is 5.69 Å². The maximum absolute atomic E-state index is 13.0.